The molecule has 0 aromatic heterocycles. The molecule has 6 aliphatic rings. The summed E-state index contributed by atoms with van der Waals surface area (Å²) in [5, 5.41) is 22.2. The van der Waals surface area contributed by atoms with Crippen molar-refractivity contribution in [2.45, 2.75) is 56.5 Å². The van der Waals surface area contributed by atoms with E-state index in [0.717, 1.165) is 36.1 Å². The number of fused-ring (bicyclic) bond motifs is 3. The molecule has 4 bridgehead atoms. The van der Waals surface area contributed by atoms with Gasteiger partial charge in [0.15, 0.2) is 11.2 Å². The smallest absolute Gasteiger partial charge is 0.176 e. The third kappa shape index (κ3) is 3.16. The van der Waals surface area contributed by atoms with Crippen molar-refractivity contribution in [3.8, 4) is 12.1 Å². The standard InChI is InChI=1S/C31H27Cl2N3O/c32-23-7-5-22(12-24(23)33)27-28(29(37)30-13-18-9-19(14-30)11-20(10-18)15-30)36-25-4-2-1-3-21(25)6-8-26(36)31(27,16-34)17-35/h1-8,12,18-20,26-28H,9-11,13-15H2/t18?,19?,20?,26-,27-,28-,30?/m1/s1. The quantitative estimate of drug-likeness (QED) is 0.423. The van der Waals surface area contributed by atoms with Crippen LogP contribution in [0.3, 0.4) is 0 Å². The third-order valence-electron chi connectivity index (χ3n) is 10.0. The van der Waals surface area contributed by atoms with Crippen molar-refractivity contribution in [2.75, 3.05) is 4.90 Å². The molecule has 0 unspecified atom stereocenters. The molecule has 4 nitrogen and oxygen atoms in total. The molecule has 3 atom stereocenters. The lowest BCUT2D eigenvalue weighted by Gasteiger charge is -2.57. The van der Waals surface area contributed by atoms with Gasteiger partial charge in [-0.2, -0.15) is 10.5 Å². The van der Waals surface area contributed by atoms with Crippen molar-refractivity contribution in [3.05, 3.63) is 69.7 Å². The Morgan fingerprint density at radius 1 is 0.919 bits per heavy atom. The van der Waals surface area contributed by atoms with E-state index < -0.39 is 23.4 Å². The van der Waals surface area contributed by atoms with Crippen LogP contribution in [0.25, 0.3) is 6.08 Å². The molecule has 37 heavy (non-hydrogen) atoms. The van der Waals surface area contributed by atoms with Crippen LogP contribution in [-0.4, -0.2) is 17.9 Å². The Morgan fingerprint density at radius 3 is 2.19 bits per heavy atom. The molecule has 5 fully saturated rings. The molecule has 2 heterocycles. The second kappa shape index (κ2) is 8.10. The summed E-state index contributed by atoms with van der Waals surface area (Å²) >= 11 is 12.8. The number of hydrogen-bond acceptors (Lipinski definition) is 4. The van der Waals surface area contributed by atoms with Crippen LogP contribution in [0.4, 0.5) is 5.69 Å². The fraction of sp³-hybridized carbons (Fsp3) is 0.452. The van der Waals surface area contributed by atoms with Gasteiger partial charge in [0.1, 0.15) is 0 Å². The fourth-order valence-corrected chi connectivity index (χ4v) is 9.35. The maximum absolute atomic E-state index is 15.1. The van der Waals surface area contributed by atoms with Crippen LogP contribution in [0, 0.1) is 51.2 Å². The van der Waals surface area contributed by atoms with Gasteiger partial charge in [0.2, 0.25) is 0 Å². The highest BCUT2D eigenvalue weighted by atomic mass is 35.5. The maximum Gasteiger partial charge on any atom is 0.176 e. The highest BCUT2D eigenvalue weighted by Gasteiger charge is 2.67. The highest BCUT2D eigenvalue weighted by Crippen LogP contribution is 2.63. The lowest BCUT2D eigenvalue weighted by molar-refractivity contribution is -0.145. The molecule has 2 aliphatic heterocycles. The minimum atomic E-state index is -1.45. The summed E-state index contributed by atoms with van der Waals surface area (Å²) in [6.07, 6.45) is 10.5. The number of nitrogens with zero attached hydrogens (tertiary/aromatic N) is 3. The van der Waals surface area contributed by atoms with E-state index in [-0.39, 0.29) is 11.2 Å². The number of carbonyl (C=O) groups excluding carboxylic acids is 1. The Balaban J connectivity index is 1.45. The molecule has 186 valence electrons. The number of hydrogen-bond donors (Lipinski definition) is 0. The van der Waals surface area contributed by atoms with Crippen LogP contribution in [0.2, 0.25) is 10.0 Å². The van der Waals surface area contributed by atoms with Gasteiger partial charge >= 0.3 is 0 Å². The van der Waals surface area contributed by atoms with Gasteiger partial charge in [0, 0.05) is 17.0 Å². The van der Waals surface area contributed by atoms with Crippen molar-refractivity contribution >= 4 is 40.7 Å². The first-order valence-electron chi connectivity index (χ1n) is 13.3. The van der Waals surface area contributed by atoms with Crippen molar-refractivity contribution in [2.24, 2.45) is 28.6 Å². The average molecular weight is 528 g/mol. The molecule has 8 rings (SSSR count). The summed E-state index contributed by atoms with van der Waals surface area (Å²) in [6, 6.07) is 17.0. The topological polar surface area (TPSA) is 67.9 Å². The summed E-state index contributed by atoms with van der Waals surface area (Å²) in [5.74, 6) is 1.40. The van der Waals surface area contributed by atoms with Crippen LogP contribution in [0.1, 0.15) is 55.6 Å². The van der Waals surface area contributed by atoms with Crippen LogP contribution < -0.4 is 4.90 Å². The van der Waals surface area contributed by atoms with Gasteiger partial charge in [0.05, 0.1) is 34.3 Å². The van der Waals surface area contributed by atoms with E-state index in [0.29, 0.717) is 27.8 Å². The van der Waals surface area contributed by atoms with E-state index in [1.807, 2.05) is 42.5 Å². The predicted octanol–water partition coefficient (Wildman–Crippen LogP) is 7.18. The molecule has 0 N–H and O–H groups in total. The van der Waals surface area contributed by atoms with E-state index >= 15 is 4.79 Å². The summed E-state index contributed by atoms with van der Waals surface area (Å²) in [7, 11) is 0. The van der Waals surface area contributed by atoms with Gasteiger partial charge in [0.25, 0.3) is 0 Å². The maximum atomic E-state index is 15.1. The molecule has 0 amide bonds. The first kappa shape index (κ1) is 23.3. The highest BCUT2D eigenvalue weighted by molar-refractivity contribution is 6.42. The first-order valence-corrected chi connectivity index (χ1v) is 14.0. The van der Waals surface area contributed by atoms with Crippen molar-refractivity contribution in [1.82, 2.24) is 0 Å². The number of ketones is 1. The summed E-state index contributed by atoms with van der Waals surface area (Å²) < 4.78 is 0. The van der Waals surface area contributed by atoms with E-state index in [9.17, 15) is 10.5 Å². The van der Waals surface area contributed by atoms with Crippen LogP contribution in [0.15, 0.2) is 48.5 Å². The average Bonchev–Trinajstić information content (AvgIpc) is 3.20. The summed E-state index contributed by atoms with van der Waals surface area (Å²) in [4.78, 5) is 17.2. The molecule has 4 saturated carbocycles. The lowest BCUT2D eigenvalue weighted by atomic mass is 9.47. The van der Waals surface area contributed by atoms with Gasteiger partial charge < -0.3 is 4.90 Å². The van der Waals surface area contributed by atoms with Crippen molar-refractivity contribution in [3.63, 3.8) is 0 Å². The Labute approximate surface area is 227 Å². The van der Waals surface area contributed by atoms with Gasteiger partial charge in [-0.3, -0.25) is 4.79 Å². The number of nitriles is 2. The molecule has 1 saturated heterocycles. The second-order valence-electron chi connectivity index (χ2n) is 12.0. The number of Topliss-reactive ketones (excluding diaryl/α,β-unsaturated/α-hetero) is 1. The Hall–Kier alpha value is -2.79. The van der Waals surface area contributed by atoms with E-state index in [1.165, 1.54) is 19.3 Å². The predicted molar refractivity (Wildman–Crippen MR) is 144 cm³/mol. The van der Waals surface area contributed by atoms with Crippen LogP contribution in [0.5, 0.6) is 0 Å². The molecule has 2 aromatic rings. The number of rotatable bonds is 3. The molecular weight excluding hydrogens is 501 g/mol. The molecule has 0 spiro atoms. The monoisotopic (exact) mass is 527 g/mol. The molecule has 6 heteroatoms. The Morgan fingerprint density at radius 2 is 1.57 bits per heavy atom. The molecule has 2 aromatic carbocycles. The number of anilines is 1. The minimum absolute atomic E-state index is 0.213. The number of benzene rings is 2. The number of para-hydroxylation sites is 1. The Kier molecular flexibility index (Phi) is 5.11. The first-order chi connectivity index (χ1) is 17.9. The second-order valence-corrected chi connectivity index (χ2v) is 12.8. The Bertz CT molecular complexity index is 1380. The zero-order valence-electron chi connectivity index (χ0n) is 20.4. The normalized spacial score (nSPS) is 35.9. The lowest BCUT2D eigenvalue weighted by Crippen LogP contribution is -2.56. The minimum Gasteiger partial charge on any atom is -0.351 e. The van der Waals surface area contributed by atoms with E-state index in [2.05, 4.69) is 17.0 Å². The van der Waals surface area contributed by atoms with Crippen LogP contribution >= 0.6 is 23.2 Å². The van der Waals surface area contributed by atoms with Crippen molar-refractivity contribution < 1.29 is 4.79 Å². The molecule has 0 radical (unpaired) electrons. The molecule has 4 aliphatic carbocycles. The summed E-state index contributed by atoms with van der Waals surface area (Å²) in [5.41, 5.74) is 0.803. The van der Waals surface area contributed by atoms with Gasteiger partial charge in [-0.25, -0.2) is 0 Å². The SMILES string of the molecule is N#CC1(C#N)[C@H](c2ccc(Cl)c(Cl)c2)[C@H](C(=O)C23CC4CC(CC(C4)C2)C3)N2c3ccccc3C=C[C@@H]21. The number of halogens is 2. The van der Waals surface area contributed by atoms with Crippen molar-refractivity contribution in [1.29, 1.82) is 10.5 Å². The third-order valence-corrected chi connectivity index (χ3v) is 10.8. The van der Waals surface area contributed by atoms with E-state index in [1.54, 1.807) is 12.1 Å². The van der Waals surface area contributed by atoms with Gasteiger partial charge in [-0.05, 0) is 85.6 Å². The van der Waals surface area contributed by atoms with E-state index in [4.69, 9.17) is 23.2 Å². The summed E-state index contributed by atoms with van der Waals surface area (Å²) in [6.45, 7) is 0. The zero-order chi connectivity index (χ0) is 25.5. The zero-order valence-corrected chi connectivity index (χ0v) is 21.9. The largest absolute Gasteiger partial charge is 0.351 e. The van der Waals surface area contributed by atoms with Crippen LogP contribution in [-0.2, 0) is 4.79 Å². The van der Waals surface area contributed by atoms with Gasteiger partial charge in [-0.1, -0.05) is 59.6 Å². The fourth-order valence-electron chi connectivity index (χ4n) is 9.04. The number of carbonyl (C=O) groups is 1. The van der Waals surface area contributed by atoms with Gasteiger partial charge in [-0.15, -0.1) is 0 Å². The molecular formula is C31H27Cl2N3O.